The van der Waals surface area contributed by atoms with Crippen LogP contribution >= 0.6 is 34.7 Å². The number of halogens is 1. The van der Waals surface area contributed by atoms with Gasteiger partial charge in [-0.05, 0) is 44.2 Å². The number of hydrogen-bond acceptors (Lipinski definition) is 5. The van der Waals surface area contributed by atoms with E-state index in [1.807, 2.05) is 12.1 Å². The highest BCUT2D eigenvalue weighted by Gasteiger charge is 2.15. The fourth-order valence-electron chi connectivity index (χ4n) is 2.24. The van der Waals surface area contributed by atoms with Crippen LogP contribution in [0.4, 0.5) is 0 Å². The second-order valence-corrected chi connectivity index (χ2v) is 6.98. The second kappa shape index (κ2) is 6.40. The third kappa shape index (κ3) is 2.97. The van der Waals surface area contributed by atoms with E-state index in [0.29, 0.717) is 6.04 Å². The van der Waals surface area contributed by atoms with E-state index in [4.69, 9.17) is 11.6 Å². The molecule has 3 aromatic rings. The number of nitrogens with zero attached hydrogens (tertiary/aromatic N) is 2. The zero-order valence-corrected chi connectivity index (χ0v) is 14.3. The summed E-state index contributed by atoms with van der Waals surface area (Å²) in [6.07, 6.45) is 1.14. The average molecular weight is 338 g/mol. The maximum atomic E-state index is 6.39. The first-order valence-electron chi connectivity index (χ1n) is 6.95. The molecule has 6 heteroatoms. The number of hydrogen-bond donors (Lipinski definition) is 1. The van der Waals surface area contributed by atoms with Crippen LogP contribution in [0.5, 0.6) is 0 Å². The third-order valence-corrected chi connectivity index (χ3v) is 5.52. The van der Waals surface area contributed by atoms with Crippen molar-refractivity contribution in [1.82, 2.24) is 14.1 Å². The van der Waals surface area contributed by atoms with Crippen molar-refractivity contribution in [2.24, 2.45) is 0 Å². The zero-order valence-electron chi connectivity index (χ0n) is 11.9. The van der Waals surface area contributed by atoms with Crippen molar-refractivity contribution in [3.8, 4) is 10.4 Å². The molecule has 0 aliphatic rings. The average Bonchev–Trinajstić information content (AvgIpc) is 3.13. The van der Waals surface area contributed by atoms with Gasteiger partial charge >= 0.3 is 0 Å². The summed E-state index contributed by atoms with van der Waals surface area (Å²) in [7, 11) is 0. The van der Waals surface area contributed by atoms with Crippen molar-refractivity contribution in [1.29, 1.82) is 0 Å². The smallest absolute Gasteiger partial charge is 0.114 e. The van der Waals surface area contributed by atoms with Gasteiger partial charge in [-0.15, -0.1) is 11.3 Å². The molecule has 0 bridgehead atoms. The largest absolute Gasteiger partial charge is 0.309 e. The first-order valence-corrected chi connectivity index (χ1v) is 8.87. The Morgan fingerprint density at radius 3 is 2.90 bits per heavy atom. The van der Waals surface area contributed by atoms with Crippen LogP contribution in [0.1, 0.15) is 31.2 Å². The summed E-state index contributed by atoms with van der Waals surface area (Å²) in [6.45, 7) is 5.40. The lowest BCUT2D eigenvalue weighted by Crippen LogP contribution is -2.18. The Hall–Kier alpha value is -1.01. The molecule has 1 unspecified atom stereocenters. The zero-order chi connectivity index (χ0) is 14.8. The Morgan fingerprint density at radius 1 is 1.24 bits per heavy atom. The molecule has 2 heterocycles. The highest BCUT2D eigenvalue weighted by atomic mass is 35.5. The number of fused-ring (bicyclic) bond motifs is 1. The molecule has 1 atom stereocenters. The van der Waals surface area contributed by atoms with Crippen molar-refractivity contribution >= 4 is 45.7 Å². The van der Waals surface area contributed by atoms with Gasteiger partial charge in [0.05, 0.1) is 16.8 Å². The van der Waals surface area contributed by atoms with Gasteiger partial charge in [0.25, 0.3) is 0 Å². The van der Waals surface area contributed by atoms with Crippen LogP contribution in [-0.2, 0) is 0 Å². The van der Waals surface area contributed by atoms with Crippen molar-refractivity contribution in [3.05, 3.63) is 34.2 Å². The van der Waals surface area contributed by atoms with E-state index < -0.39 is 0 Å². The fourth-order valence-corrected chi connectivity index (χ4v) is 4.19. The minimum atomic E-state index is 0.357. The number of aromatic nitrogens is 2. The molecule has 3 rings (SSSR count). The van der Waals surface area contributed by atoms with E-state index in [9.17, 15) is 0 Å². The normalized spacial score (nSPS) is 12.9. The molecule has 2 aromatic heterocycles. The topological polar surface area (TPSA) is 37.8 Å². The van der Waals surface area contributed by atoms with Gasteiger partial charge in [-0.1, -0.05) is 18.5 Å². The lowest BCUT2D eigenvalue weighted by molar-refractivity contribution is 0.578. The van der Waals surface area contributed by atoms with Crippen molar-refractivity contribution in [2.45, 2.75) is 26.3 Å². The number of thiophene rings is 1. The van der Waals surface area contributed by atoms with Gasteiger partial charge in [0.2, 0.25) is 0 Å². The van der Waals surface area contributed by atoms with E-state index in [1.165, 1.54) is 16.6 Å². The van der Waals surface area contributed by atoms with Crippen molar-refractivity contribution < 1.29 is 0 Å². The summed E-state index contributed by atoms with van der Waals surface area (Å²) < 4.78 is 8.69. The fraction of sp³-hybridized carbons (Fsp3) is 0.333. The Bertz CT molecular complexity index is 750. The summed E-state index contributed by atoms with van der Waals surface area (Å²) in [4.78, 5) is 2.47. The van der Waals surface area contributed by atoms with Crippen LogP contribution in [0.2, 0.25) is 5.02 Å². The predicted molar refractivity (Wildman–Crippen MR) is 92.4 cm³/mol. The molecule has 1 N–H and O–H groups in total. The molecule has 3 nitrogen and oxygen atoms in total. The van der Waals surface area contributed by atoms with Crippen LogP contribution in [0.15, 0.2) is 24.3 Å². The Morgan fingerprint density at radius 2 is 2.10 bits per heavy atom. The molecule has 0 fully saturated rings. The lowest BCUT2D eigenvalue weighted by Gasteiger charge is -2.10. The number of benzene rings is 1. The Labute approximate surface area is 137 Å². The summed E-state index contributed by atoms with van der Waals surface area (Å²) in [5, 5.41) is 4.25. The van der Waals surface area contributed by atoms with Gasteiger partial charge in [0.1, 0.15) is 11.0 Å². The van der Waals surface area contributed by atoms with E-state index in [-0.39, 0.29) is 0 Å². The molecule has 0 radical (unpaired) electrons. The maximum absolute atomic E-state index is 6.39. The van der Waals surface area contributed by atoms with Crippen LogP contribution < -0.4 is 5.32 Å². The van der Waals surface area contributed by atoms with Gasteiger partial charge in [-0.25, -0.2) is 0 Å². The Balaban J connectivity index is 1.98. The first kappa shape index (κ1) is 14.9. The van der Waals surface area contributed by atoms with E-state index in [2.05, 4.69) is 40.0 Å². The van der Waals surface area contributed by atoms with Crippen LogP contribution in [0.3, 0.4) is 0 Å². The van der Waals surface area contributed by atoms with Crippen LogP contribution in [-0.4, -0.2) is 15.3 Å². The van der Waals surface area contributed by atoms with Gasteiger partial charge < -0.3 is 5.32 Å². The van der Waals surface area contributed by atoms with Gasteiger partial charge in [-0.2, -0.15) is 8.75 Å². The standard InChI is InChI=1S/C15H16ClN3S2/c1-3-8-17-9(2)12-6-7-13(20-12)14-10(16)4-5-11-15(14)19-21-18-11/h4-7,9,17H,3,8H2,1-2H3. The molecule has 0 saturated heterocycles. The molecule has 1 aromatic carbocycles. The highest BCUT2D eigenvalue weighted by molar-refractivity contribution is 7.15. The van der Waals surface area contributed by atoms with E-state index >= 15 is 0 Å². The summed E-state index contributed by atoms with van der Waals surface area (Å²) in [6, 6.07) is 8.48. The summed E-state index contributed by atoms with van der Waals surface area (Å²) >= 11 is 9.39. The number of nitrogens with one attached hydrogen (secondary N) is 1. The molecule has 0 aliphatic heterocycles. The van der Waals surface area contributed by atoms with E-state index in [1.54, 1.807) is 11.3 Å². The van der Waals surface area contributed by atoms with Gasteiger partial charge in [0, 0.05) is 21.4 Å². The summed E-state index contributed by atoms with van der Waals surface area (Å²) in [5.74, 6) is 0. The van der Waals surface area contributed by atoms with Gasteiger partial charge in [0.15, 0.2) is 0 Å². The summed E-state index contributed by atoms with van der Waals surface area (Å²) in [5.41, 5.74) is 2.81. The molecule has 0 spiro atoms. The highest BCUT2D eigenvalue weighted by Crippen LogP contribution is 2.39. The molecule has 0 aliphatic carbocycles. The van der Waals surface area contributed by atoms with Crippen molar-refractivity contribution in [2.75, 3.05) is 6.54 Å². The monoisotopic (exact) mass is 337 g/mol. The minimum absolute atomic E-state index is 0.357. The Kier molecular flexibility index (Phi) is 4.54. The van der Waals surface area contributed by atoms with Crippen molar-refractivity contribution in [3.63, 3.8) is 0 Å². The van der Waals surface area contributed by atoms with Crippen LogP contribution in [0, 0.1) is 0 Å². The molecular formula is C15H16ClN3S2. The predicted octanol–water partition coefficient (Wildman–Crippen LogP) is 5.13. The first-order chi connectivity index (χ1) is 10.2. The number of rotatable bonds is 5. The minimum Gasteiger partial charge on any atom is -0.309 e. The SMILES string of the molecule is CCCNC(C)c1ccc(-c2c(Cl)ccc3nsnc23)s1. The molecule has 0 amide bonds. The second-order valence-electron chi connectivity index (χ2n) is 4.93. The third-order valence-electron chi connectivity index (χ3n) is 3.38. The van der Waals surface area contributed by atoms with Gasteiger partial charge in [-0.3, -0.25) is 0 Å². The van der Waals surface area contributed by atoms with Crippen LogP contribution in [0.25, 0.3) is 21.5 Å². The molecular weight excluding hydrogens is 322 g/mol. The lowest BCUT2D eigenvalue weighted by atomic mass is 10.1. The molecule has 110 valence electrons. The molecule has 21 heavy (non-hydrogen) atoms. The quantitative estimate of drug-likeness (QED) is 0.701. The van der Waals surface area contributed by atoms with E-state index in [0.717, 1.165) is 39.5 Å². The molecule has 0 saturated carbocycles. The maximum Gasteiger partial charge on any atom is 0.114 e.